The summed E-state index contributed by atoms with van der Waals surface area (Å²) < 4.78 is 73.5. The fourth-order valence-electron chi connectivity index (χ4n) is 5.74. The largest absolute Gasteiger partial charge is 0.447 e. The van der Waals surface area contributed by atoms with E-state index in [1.807, 2.05) is 26.8 Å². The van der Waals surface area contributed by atoms with Crippen LogP contribution >= 0.6 is 11.6 Å². The standard InChI is InChI=1S/C32H33ClF5N9O3/c1-30(2,3)15-31(20-8-5-18(6-9-20)22-11-12-45(4)44-22)27(48)46(28(39)43-31)24(14-50-29(49)40-16-32(36,37)38)19-7-10-21(33)23(13-19)47-26(25(34)35)41-17-42-47/h5-13,17,24-25H,14-16H2,1-4H3,(H2,39,43)(H,40,49)/t24-,31-/m1/s1. The maximum atomic E-state index is 14.8. The molecule has 0 spiro atoms. The average molecular weight is 722 g/mol. The number of alkyl halides is 5. The van der Waals surface area contributed by atoms with Crippen molar-refractivity contribution in [2.45, 2.75) is 51.4 Å². The highest BCUT2D eigenvalue weighted by molar-refractivity contribution is 6.32. The van der Waals surface area contributed by atoms with Crippen LogP contribution in [0.25, 0.3) is 16.9 Å². The van der Waals surface area contributed by atoms with E-state index in [-0.39, 0.29) is 28.7 Å². The lowest BCUT2D eigenvalue weighted by Crippen LogP contribution is -2.47. The third-order valence-electron chi connectivity index (χ3n) is 7.75. The summed E-state index contributed by atoms with van der Waals surface area (Å²) in [4.78, 5) is 36.5. The molecular weight excluding hydrogens is 689 g/mol. The minimum atomic E-state index is -4.72. The van der Waals surface area contributed by atoms with Gasteiger partial charge in [-0.2, -0.15) is 23.4 Å². The summed E-state index contributed by atoms with van der Waals surface area (Å²) in [5, 5.41) is 9.86. The maximum Gasteiger partial charge on any atom is 0.407 e. The lowest BCUT2D eigenvalue weighted by atomic mass is 9.75. The number of carbonyl (C=O) groups excluding carboxylic acids is 2. The second kappa shape index (κ2) is 13.7. The van der Waals surface area contributed by atoms with Gasteiger partial charge in [-0.15, -0.1) is 0 Å². The van der Waals surface area contributed by atoms with Crippen LogP contribution in [0.15, 0.2) is 66.0 Å². The van der Waals surface area contributed by atoms with Crippen LogP contribution in [0.5, 0.6) is 0 Å². The molecule has 2 atom stereocenters. The highest BCUT2D eigenvalue weighted by Gasteiger charge is 2.53. The van der Waals surface area contributed by atoms with Gasteiger partial charge in [0.05, 0.1) is 22.4 Å². The van der Waals surface area contributed by atoms with E-state index in [1.165, 1.54) is 18.2 Å². The molecule has 5 rings (SSSR count). The third-order valence-corrected chi connectivity index (χ3v) is 8.07. The first kappa shape index (κ1) is 36.2. The van der Waals surface area contributed by atoms with Crippen LogP contribution in [-0.4, -0.2) is 66.7 Å². The van der Waals surface area contributed by atoms with E-state index in [0.29, 0.717) is 11.3 Å². The predicted octanol–water partition coefficient (Wildman–Crippen LogP) is 6.08. The molecule has 4 aromatic rings. The molecule has 266 valence electrons. The Kier molecular flexibility index (Phi) is 9.92. The Labute approximate surface area is 288 Å². The van der Waals surface area contributed by atoms with E-state index in [9.17, 15) is 31.5 Å². The van der Waals surface area contributed by atoms with E-state index in [1.54, 1.807) is 47.5 Å². The molecule has 18 heteroatoms. The number of aromatic nitrogens is 5. The summed E-state index contributed by atoms with van der Waals surface area (Å²) in [6, 6.07) is 11.7. The van der Waals surface area contributed by atoms with Crippen LogP contribution in [0.1, 0.15) is 56.6 Å². The van der Waals surface area contributed by atoms with Crippen molar-refractivity contribution in [3.8, 4) is 16.9 Å². The highest BCUT2D eigenvalue weighted by Crippen LogP contribution is 2.45. The van der Waals surface area contributed by atoms with Gasteiger partial charge in [-0.05, 0) is 41.2 Å². The number of aliphatic imine (C=N–C) groups is 1. The van der Waals surface area contributed by atoms with Crippen LogP contribution < -0.4 is 11.1 Å². The van der Waals surface area contributed by atoms with Gasteiger partial charge < -0.3 is 15.8 Å². The van der Waals surface area contributed by atoms with Crippen molar-refractivity contribution in [2.24, 2.45) is 23.2 Å². The van der Waals surface area contributed by atoms with Crippen LogP contribution in [0.4, 0.5) is 26.7 Å². The number of ether oxygens (including phenoxy) is 1. The van der Waals surface area contributed by atoms with E-state index >= 15 is 0 Å². The molecule has 50 heavy (non-hydrogen) atoms. The topological polar surface area (TPSA) is 146 Å². The zero-order chi connectivity index (χ0) is 36.6. The van der Waals surface area contributed by atoms with Crippen molar-refractivity contribution in [1.82, 2.24) is 34.8 Å². The lowest BCUT2D eigenvalue weighted by molar-refractivity contribution is -0.135. The van der Waals surface area contributed by atoms with E-state index in [4.69, 9.17) is 27.1 Å². The van der Waals surface area contributed by atoms with Crippen molar-refractivity contribution in [1.29, 1.82) is 0 Å². The molecule has 2 aromatic carbocycles. The average Bonchev–Trinajstić information content (AvgIpc) is 3.75. The monoisotopic (exact) mass is 721 g/mol. The maximum absolute atomic E-state index is 14.8. The molecule has 0 saturated heterocycles. The first-order valence-electron chi connectivity index (χ1n) is 15.1. The summed E-state index contributed by atoms with van der Waals surface area (Å²) >= 11 is 6.38. The minimum absolute atomic E-state index is 0.0202. The van der Waals surface area contributed by atoms with Crippen LogP contribution in [0.3, 0.4) is 0 Å². The van der Waals surface area contributed by atoms with Gasteiger partial charge in [-0.3, -0.25) is 14.4 Å². The van der Waals surface area contributed by atoms with Gasteiger partial charge >= 0.3 is 12.3 Å². The molecule has 0 aliphatic carbocycles. The number of aryl methyl sites for hydroxylation is 1. The number of halogens is 6. The summed E-state index contributed by atoms with van der Waals surface area (Å²) in [5.41, 5.74) is 6.50. The van der Waals surface area contributed by atoms with Gasteiger partial charge in [0, 0.05) is 18.8 Å². The summed E-state index contributed by atoms with van der Waals surface area (Å²) in [6.07, 6.45) is -6.31. The number of benzene rings is 2. The van der Waals surface area contributed by atoms with Gasteiger partial charge in [0.2, 0.25) is 0 Å². The quantitative estimate of drug-likeness (QED) is 0.189. The Morgan fingerprint density at radius 1 is 1.10 bits per heavy atom. The third kappa shape index (κ3) is 7.72. The van der Waals surface area contributed by atoms with Gasteiger partial charge in [0.15, 0.2) is 17.3 Å². The Morgan fingerprint density at radius 3 is 2.40 bits per heavy atom. The van der Waals surface area contributed by atoms with Gasteiger partial charge in [-0.1, -0.05) is 62.7 Å². The molecule has 1 aliphatic rings. The molecule has 3 N–H and O–H groups in total. The Morgan fingerprint density at radius 2 is 1.80 bits per heavy atom. The number of alkyl carbamates (subject to hydrolysis) is 1. The molecule has 3 heterocycles. The van der Waals surface area contributed by atoms with Crippen LogP contribution in [0.2, 0.25) is 5.02 Å². The molecule has 2 amide bonds. The molecule has 0 bridgehead atoms. The van der Waals surface area contributed by atoms with Gasteiger partial charge in [0.25, 0.3) is 12.3 Å². The number of carbonyl (C=O) groups is 2. The van der Waals surface area contributed by atoms with Crippen molar-refractivity contribution in [3.05, 3.63) is 83.0 Å². The molecule has 0 unspecified atom stereocenters. The number of guanidine groups is 1. The number of amides is 2. The van der Waals surface area contributed by atoms with Crippen molar-refractivity contribution in [2.75, 3.05) is 13.2 Å². The van der Waals surface area contributed by atoms with E-state index in [0.717, 1.165) is 21.5 Å². The first-order valence-corrected chi connectivity index (χ1v) is 15.5. The van der Waals surface area contributed by atoms with Gasteiger partial charge in [0.1, 0.15) is 19.5 Å². The van der Waals surface area contributed by atoms with E-state index in [2.05, 4.69) is 15.2 Å². The second-order valence-corrected chi connectivity index (χ2v) is 13.2. The number of hydrogen-bond acceptors (Lipinski definition) is 8. The SMILES string of the molecule is Cn1ccc(-c2ccc([C@@]3(CC(C)(C)C)N=C(N)N([C@H](COC(=O)NCC(F)(F)F)c4ccc(Cl)c(-n5ncnc5C(F)F)c4)C3=O)cc2)n1. The minimum Gasteiger partial charge on any atom is -0.447 e. The Balaban J connectivity index is 1.58. The highest BCUT2D eigenvalue weighted by atomic mass is 35.5. The zero-order valence-electron chi connectivity index (χ0n) is 27.2. The second-order valence-electron chi connectivity index (χ2n) is 12.8. The molecular formula is C32H33ClF5N9O3. The summed E-state index contributed by atoms with van der Waals surface area (Å²) in [6.45, 7) is 3.35. The molecule has 1 aliphatic heterocycles. The number of rotatable bonds is 10. The van der Waals surface area contributed by atoms with Gasteiger partial charge in [-0.25, -0.2) is 28.2 Å². The number of hydrogen-bond donors (Lipinski definition) is 2. The summed E-state index contributed by atoms with van der Waals surface area (Å²) in [5.74, 6) is -1.62. The fourth-order valence-corrected chi connectivity index (χ4v) is 5.94. The number of nitrogens with zero attached hydrogens (tertiary/aromatic N) is 7. The molecule has 12 nitrogen and oxygen atoms in total. The molecule has 0 fully saturated rings. The van der Waals surface area contributed by atoms with Crippen LogP contribution in [-0.2, 0) is 22.1 Å². The van der Waals surface area contributed by atoms with E-state index < -0.39 is 60.6 Å². The zero-order valence-corrected chi connectivity index (χ0v) is 28.0. The summed E-state index contributed by atoms with van der Waals surface area (Å²) in [7, 11) is 1.78. The smallest absolute Gasteiger partial charge is 0.407 e. The first-order chi connectivity index (χ1) is 23.4. The van der Waals surface area contributed by atoms with Crippen LogP contribution in [0, 0.1) is 5.41 Å². The van der Waals surface area contributed by atoms with Crippen molar-refractivity contribution in [3.63, 3.8) is 0 Å². The van der Waals surface area contributed by atoms with Crippen molar-refractivity contribution >= 4 is 29.6 Å². The molecule has 0 saturated carbocycles. The predicted molar refractivity (Wildman–Crippen MR) is 172 cm³/mol. The van der Waals surface area contributed by atoms with Crippen molar-refractivity contribution < 1.29 is 36.3 Å². The number of nitrogens with one attached hydrogen (secondary N) is 1. The fraction of sp³-hybridized carbons (Fsp3) is 0.375. The lowest BCUT2D eigenvalue weighted by Gasteiger charge is -2.35. The Hall–Kier alpha value is -5.06. The normalized spacial score (nSPS) is 17.3. The molecule has 2 aromatic heterocycles. The number of nitrogens with two attached hydrogens (primary N) is 1. The molecule has 0 radical (unpaired) electrons. The Bertz CT molecular complexity index is 1900.